The second kappa shape index (κ2) is 8.48. The molecule has 2 rings (SSSR count). The Morgan fingerprint density at radius 1 is 1.08 bits per heavy atom. The summed E-state index contributed by atoms with van der Waals surface area (Å²) in [7, 11) is -3.74. The SMILES string of the molecule is CC(C(=O)NCc1ccccc1Cl)N(c1ccc(Cl)c(Cl)c1)S(C)(=O)=O. The fourth-order valence-corrected chi connectivity index (χ4v) is 4.06. The number of nitrogens with zero attached hydrogens (tertiary/aromatic N) is 1. The van der Waals surface area contributed by atoms with Gasteiger partial charge in [0.1, 0.15) is 6.04 Å². The third kappa shape index (κ3) is 5.04. The van der Waals surface area contributed by atoms with Crippen molar-refractivity contribution in [3.05, 3.63) is 63.1 Å². The lowest BCUT2D eigenvalue weighted by Crippen LogP contribution is -2.47. The molecular weight excluding hydrogens is 419 g/mol. The van der Waals surface area contributed by atoms with E-state index in [0.29, 0.717) is 10.0 Å². The van der Waals surface area contributed by atoms with Crippen LogP contribution in [-0.4, -0.2) is 26.6 Å². The molecule has 0 heterocycles. The molecule has 26 heavy (non-hydrogen) atoms. The van der Waals surface area contributed by atoms with Crippen molar-refractivity contribution in [2.75, 3.05) is 10.6 Å². The molecule has 2 aromatic carbocycles. The third-order valence-electron chi connectivity index (χ3n) is 3.66. The van der Waals surface area contributed by atoms with Crippen LogP contribution in [0.15, 0.2) is 42.5 Å². The maximum atomic E-state index is 12.5. The maximum absolute atomic E-state index is 12.5. The largest absolute Gasteiger partial charge is 0.350 e. The van der Waals surface area contributed by atoms with Gasteiger partial charge in [0.05, 0.1) is 22.0 Å². The van der Waals surface area contributed by atoms with E-state index in [-0.39, 0.29) is 17.3 Å². The van der Waals surface area contributed by atoms with Gasteiger partial charge in [-0.25, -0.2) is 8.42 Å². The average molecular weight is 436 g/mol. The summed E-state index contributed by atoms with van der Waals surface area (Å²) in [4.78, 5) is 12.5. The van der Waals surface area contributed by atoms with Crippen LogP contribution < -0.4 is 9.62 Å². The lowest BCUT2D eigenvalue weighted by molar-refractivity contribution is -0.122. The molecule has 1 amide bonds. The van der Waals surface area contributed by atoms with Crippen molar-refractivity contribution in [3.63, 3.8) is 0 Å². The first-order valence-electron chi connectivity index (χ1n) is 7.57. The van der Waals surface area contributed by atoms with Gasteiger partial charge < -0.3 is 5.32 Å². The summed E-state index contributed by atoms with van der Waals surface area (Å²) < 4.78 is 25.5. The second-order valence-electron chi connectivity index (χ2n) is 5.64. The molecule has 0 saturated heterocycles. The number of amides is 1. The lowest BCUT2D eigenvalue weighted by Gasteiger charge is -2.28. The molecule has 140 valence electrons. The molecule has 0 aromatic heterocycles. The number of carbonyl (C=O) groups is 1. The summed E-state index contributed by atoms with van der Waals surface area (Å²) in [5.74, 6) is -0.471. The molecule has 0 spiro atoms. The monoisotopic (exact) mass is 434 g/mol. The molecule has 0 radical (unpaired) electrons. The van der Waals surface area contributed by atoms with Crippen LogP contribution in [0.3, 0.4) is 0 Å². The molecule has 9 heteroatoms. The van der Waals surface area contributed by atoms with Crippen molar-refractivity contribution in [1.82, 2.24) is 5.32 Å². The number of rotatable bonds is 6. The van der Waals surface area contributed by atoms with E-state index in [9.17, 15) is 13.2 Å². The highest BCUT2D eigenvalue weighted by Crippen LogP contribution is 2.29. The van der Waals surface area contributed by atoms with Gasteiger partial charge in [-0.2, -0.15) is 0 Å². The van der Waals surface area contributed by atoms with Crippen LogP contribution in [0.25, 0.3) is 0 Å². The summed E-state index contributed by atoms with van der Waals surface area (Å²) in [6.45, 7) is 1.67. The van der Waals surface area contributed by atoms with Crippen LogP contribution in [0.5, 0.6) is 0 Å². The van der Waals surface area contributed by atoms with Gasteiger partial charge in [0, 0.05) is 11.6 Å². The van der Waals surface area contributed by atoms with E-state index in [1.807, 2.05) is 0 Å². The zero-order valence-electron chi connectivity index (χ0n) is 14.0. The quantitative estimate of drug-likeness (QED) is 0.742. The average Bonchev–Trinajstić information content (AvgIpc) is 2.56. The fraction of sp³-hybridized carbons (Fsp3) is 0.235. The minimum Gasteiger partial charge on any atom is -0.350 e. The molecule has 5 nitrogen and oxygen atoms in total. The van der Waals surface area contributed by atoms with Crippen LogP contribution in [0.4, 0.5) is 5.69 Å². The van der Waals surface area contributed by atoms with E-state index >= 15 is 0 Å². The van der Waals surface area contributed by atoms with Crippen molar-refractivity contribution in [2.45, 2.75) is 19.5 Å². The Bertz CT molecular complexity index is 919. The van der Waals surface area contributed by atoms with E-state index in [1.165, 1.54) is 25.1 Å². The minimum absolute atomic E-state index is 0.182. The van der Waals surface area contributed by atoms with Crippen LogP contribution >= 0.6 is 34.8 Å². The summed E-state index contributed by atoms with van der Waals surface area (Å²) in [5.41, 5.74) is 0.984. The van der Waals surface area contributed by atoms with Crippen LogP contribution in [0.1, 0.15) is 12.5 Å². The highest BCUT2D eigenvalue weighted by Gasteiger charge is 2.29. The number of anilines is 1. The minimum atomic E-state index is -3.74. The number of hydrogen-bond donors (Lipinski definition) is 1. The molecular formula is C17H17Cl3N2O3S. The van der Waals surface area contributed by atoms with Gasteiger partial charge in [0.2, 0.25) is 15.9 Å². The van der Waals surface area contributed by atoms with Gasteiger partial charge in [-0.1, -0.05) is 53.0 Å². The lowest BCUT2D eigenvalue weighted by atomic mass is 10.2. The molecule has 0 fully saturated rings. The number of nitrogens with one attached hydrogen (secondary N) is 1. The third-order valence-corrected chi connectivity index (χ3v) is 6.01. The molecule has 0 aliphatic rings. The standard InChI is InChI=1S/C17H17Cl3N2O3S/c1-11(17(23)21-10-12-5-3-4-6-14(12)18)22(26(2,24)25)13-7-8-15(19)16(20)9-13/h3-9,11H,10H2,1-2H3,(H,21,23). The summed E-state index contributed by atoms with van der Waals surface area (Å²) in [6.07, 6.45) is 1.02. The Kier molecular flexibility index (Phi) is 6.80. The molecule has 1 unspecified atom stereocenters. The van der Waals surface area contributed by atoms with Crippen molar-refractivity contribution in [3.8, 4) is 0 Å². The molecule has 0 bridgehead atoms. The van der Waals surface area contributed by atoms with Crippen LogP contribution in [-0.2, 0) is 21.4 Å². The van der Waals surface area contributed by atoms with E-state index in [4.69, 9.17) is 34.8 Å². The first-order chi connectivity index (χ1) is 12.1. The topological polar surface area (TPSA) is 66.5 Å². The molecule has 1 atom stereocenters. The number of benzene rings is 2. The maximum Gasteiger partial charge on any atom is 0.243 e. The summed E-state index contributed by atoms with van der Waals surface area (Å²) in [6, 6.07) is 10.5. The number of carbonyl (C=O) groups excluding carboxylic acids is 1. The van der Waals surface area contributed by atoms with E-state index in [2.05, 4.69) is 5.32 Å². The molecule has 0 aliphatic carbocycles. The summed E-state index contributed by atoms with van der Waals surface area (Å²) >= 11 is 17.9. The second-order valence-corrected chi connectivity index (χ2v) is 8.72. The summed E-state index contributed by atoms with van der Waals surface area (Å²) in [5, 5.41) is 3.70. The Morgan fingerprint density at radius 3 is 2.31 bits per heavy atom. The molecule has 2 aromatic rings. The fourth-order valence-electron chi connectivity index (χ4n) is 2.40. The number of sulfonamides is 1. The van der Waals surface area contributed by atoms with Crippen LogP contribution in [0, 0.1) is 0 Å². The van der Waals surface area contributed by atoms with Gasteiger partial charge >= 0.3 is 0 Å². The van der Waals surface area contributed by atoms with Gasteiger partial charge in [-0.3, -0.25) is 9.10 Å². The van der Waals surface area contributed by atoms with Crippen LogP contribution in [0.2, 0.25) is 15.1 Å². The first-order valence-corrected chi connectivity index (χ1v) is 10.5. The van der Waals surface area contributed by atoms with Gasteiger partial charge in [0.15, 0.2) is 0 Å². The Hall–Kier alpha value is -1.47. The number of hydrogen-bond acceptors (Lipinski definition) is 3. The Morgan fingerprint density at radius 2 is 1.73 bits per heavy atom. The number of halogens is 3. The smallest absolute Gasteiger partial charge is 0.243 e. The van der Waals surface area contributed by atoms with E-state index in [1.54, 1.807) is 24.3 Å². The first kappa shape index (κ1) is 20.8. The normalized spacial score (nSPS) is 12.5. The van der Waals surface area contributed by atoms with Crippen molar-refractivity contribution < 1.29 is 13.2 Å². The Labute approximate surface area is 167 Å². The zero-order chi connectivity index (χ0) is 19.5. The Balaban J connectivity index is 2.23. The van der Waals surface area contributed by atoms with Crippen molar-refractivity contribution in [1.29, 1.82) is 0 Å². The molecule has 1 N–H and O–H groups in total. The molecule has 0 aliphatic heterocycles. The van der Waals surface area contributed by atoms with Gasteiger partial charge in [-0.05, 0) is 36.8 Å². The van der Waals surface area contributed by atoms with E-state index in [0.717, 1.165) is 16.1 Å². The predicted octanol–water partition coefficient (Wildman–Crippen LogP) is 4.12. The van der Waals surface area contributed by atoms with Crippen molar-refractivity contribution in [2.24, 2.45) is 0 Å². The molecule has 0 saturated carbocycles. The van der Waals surface area contributed by atoms with Gasteiger partial charge in [-0.15, -0.1) is 0 Å². The van der Waals surface area contributed by atoms with E-state index < -0.39 is 22.0 Å². The van der Waals surface area contributed by atoms with Crippen molar-refractivity contribution >= 4 is 56.4 Å². The highest BCUT2D eigenvalue weighted by molar-refractivity contribution is 7.92. The highest BCUT2D eigenvalue weighted by atomic mass is 35.5. The zero-order valence-corrected chi connectivity index (χ0v) is 17.1. The predicted molar refractivity (Wildman–Crippen MR) is 107 cm³/mol. The van der Waals surface area contributed by atoms with Gasteiger partial charge in [0.25, 0.3) is 0 Å².